The predicted octanol–water partition coefficient (Wildman–Crippen LogP) is 9.72. The summed E-state index contributed by atoms with van der Waals surface area (Å²) in [5, 5.41) is 25.0. The molecule has 0 radical (unpaired) electrons. The van der Waals surface area contributed by atoms with Crippen molar-refractivity contribution in [3.63, 3.8) is 0 Å². The van der Waals surface area contributed by atoms with E-state index in [1.807, 2.05) is 48.5 Å². The number of carbonyl (C=O) groups is 4. The lowest BCUT2D eigenvalue weighted by Gasteiger charge is -2.21. The van der Waals surface area contributed by atoms with Crippen LogP contribution in [0.15, 0.2) is 133 Å². The molecule has 0 saturated carbocycles. The van der Waals surface area contributed by atoms with Gasteiger partial charge in [0.15, 0.2) is 0 Å². The highest BCUT2D eigenvalue weighted by atomic mass is 16.5. The molecule has 0 aliphatic heterocycles. The Morgan fingerprint density at radius 1 is 0.404 bits per heavy atom. The molecular weight excluding hydrogens is 656 g/mol. The summed E-state index contributed by atoms with van der Waals surface area (Å²) in [4.78, 5) is 45.5. The third kappa shape index (κ3) is 5.45. The number of hydrogen-bond donors (Lipinski definition) is 2. The van der Waals surface area contributed by atoms with E-state index in [4.69, 9.17) is 9.47 Å². The molecule has 8 aromatic rings. The van der Waals surface area contributed by atoms with Crippen LogP contribution in [-0.4, -0.2) is 35.1 Å². The van der Waals surface area contributed by atoms with E-state index in [0.717, 1.165) is 76.8 Å². The maximum Gasteiger partial charge on any atom is 0.335 e. The highest BCUT2D eigenvalue weighted by Crippen LogP contribution is 2.48. The lowest BCUT2D eigenvalue weighted by Crippen LogP contribution is -1.97. The van der Waals surface area contributed by atoms with Crippen LogP contribution in [0, 0.1) is 0 Å². The van der Waals surface area contributed by atoms with Crippen molar-refractivity contribution in [2.75, 3.05) is 0 Å². The summed E-state index contributed by atoms with van der Waals surface area (Å²) >= 11 is 0. The number of rotatable bonds is 10. The number of benzene rings is 8. The Bertz CT molecular complexity index is 2490. The Hall–Kier alpha value is -7.32. The standard InChI is InChI=1S/C44H26O8/c45-23-51-31-13-9-27(10-14-31)39-21-37(25-1-5-29(6-2-25)43(47)48)33-17-18-34-38(26-3-7-30(8-4-26)44(49)50)22-40(28-11-15-32(16-12-28)52-24-46)36-20-19-35(39)41(33)42(34)36/h1-24H,(H,47,48)(H,49,50). The average molecular weight is 683 g/mol. The van der Waals surface area contributed by atoms with Gasteiger partial charge < -0.3 is 19.7 Å². The molecule has 8 nitrogen and oxygen atoms in total. The van der Waals surface area contributed by atoms with Gasteiger partial charge in [0.25, 0.3) is 12.9 Å². The lowest BCUT2D eigenvalue weighted by atomic mass is 9.82. The average Bonchev–Trinajstić information content (AvgIpc) is 3.17. The first-order valence-electron chi connectivity index (χ1n) is 16.2. The summed E-state index contributed by atoms with van der Waals surface area (Å²) in [7, 11) is 0. The molecule has 0 saturated heterocycles. The number of aromatic carboxylic acids is 2. The van der Waals surface area contributed by atoms with Gasteiger partial charge in [0.2, 0.25) is 0 Å². The minimum atomic E-state index is -1.01. The molecular formula is C44H26O8. The number of ether oxygens (including phenoxy) is 2. The van der Waals surface area contributed by atoms with Gasteiger partial charge in [0.05, 0.1) is 11.1 Å². The molecule has 0 unspecified atom stereocenters. The summed E-state index contributed by atoms with van der Waals surface area (Å²) in [5.74, 6) is -1.20. The SMILES string of the molecule is O=COc1ccc(-c2cc(-c3ccc(C(=O)O)cc3)c3ccc4c(-c5ccc(C(=O)O)cc5)cc(-c5ccc(OC=O)cc5)c5ccc2c3c54)cc1. The fourth-order valence-electron chi connectivity index (χ4n) is 7.07. The van der Waals surface area contributed by atoms with Crippen molar-refractivity contribution in [2.45, 2.75) is 0 Å². The minimum absolute atomic E-state index is 0.181. The van der Waals surface area contributed by atoms with E-state index in [1.54, 1.807) is 48.5 Å². The van der Waals surface area contributed by atoms with E-state index in [2.05, 4.69) is 36.4 Å². The molecule has 0 aromatic heterocycles. The molecule has 8 heteroatoms. The van der Waals surface area contributed by atoms with Gasteiger partial charge in [-0.25, -0.2) is 9.59 Å². The molecule has 0 heterocycles. The Kier molecular flexibility index (Phi) is 7.89. The molecule has 52 heavy (non-hydrogen) atoms. The van der Waals surface area contributed by atoms with Gasteiger partial charge in [0.1, 0.15) is 11.5 Å². The van der Waals surface area contributed by atoms with Crippen LogP contribution >= 0.6 is 0 Å². The molecule has 250 valence electrons. The highest BCUT2D eigenvalue weighted by molar-refractivity contribution is 6.32. The van der Waals surface area contributed by atoms with E-state index in [9.17, 15) is 29.4 Å². The predicted molar refractivity (Wildman–Crippen MR) is 199 cm³/mol. The maximum atomic E-state index is 11.7. The quantitative estimate of drug-likeness (QED) is 0.108. The van der Waals surface area contributed by atoms with Gasteiger partial charge in [-0.1, -0.05) is 72.8 Å². The second-order valence-electron chi connectivity index (χ2n) is 12.3. The molecule has 0 fully saturated rings. The van der Waals surface area contributed by atoms with Crippen molar-refractivity contribution in [1.29, 1.82) is 0 Å². The van der Waals surface area contributed by atoms with Crippen molar-refractivity contribution >= 4 is 57.2 Å². The topological polar surface area (TPSA) is 127 Å². The largest absolute Gasteiger partial charge is 0.478 e. The normalized spacial score (nSPS) is 11.2. The van der Waals surface area contributed by atoms with Gasteiger partial charge in [-0.2, -0.15) is 0 Å². The summed E-state index contributed by atoms with van der Waals surface area (Å²) in [6, 6.07) is 40.7. The number of hydrogen-bond acceptors (Lipinski definition) is 6. The van der Waals surface area contributed by atoms with Crippen LogP contribution in [0.3, 0.4) is 0 Å². The van der Waals surface area contributed by atoms with Crippen molar-refractivity contribution in [2.24, 2.45) is 0 Å². The van der Waals surface area contributed by atoms with E-state index in [1.165, 1.54) is 0 Å². The minimum Gasteiger partial charge on any atom is -0.478 e. The first-order chi connectivity index (χ1) is 25.3. The summed E-state index contributed by atoms with van der Waals surface area (Å²) in [6.07, 6.45) is 0. The van der Waals surface area contributed by atoms with Crippen molar-refractivity contribution < 1.29 is 38.9 Å². The lowest BCUT2D eigenvalue weighted by molar-refractivity contribution is -0.121. The van der Waals surface area contributed by atoms with E-state index >= 15 is 0 Å². The van der Waals surface area contributed by atoms with Gasteiger partial charge in [0, 0.05) is 0 Å². The summed E-state index contributed by atoms with van der Waals surface area (Å²) < 4.78 is 10.1. The molecule has 0 amide bonds. The van der Waals surface area contributed by atoms with Crippen LogP contribution in [0.2, 0.25) is 0 Å². The van der Waals surface area contributed by atoms with Crippen LogP contribution in [-0.2, 0) is 9.59 Å². The molecule has 8 aromatic carbocycles. The highest BCUT2D eigenvalue weighted by Gasteiger charge is 2.21. The van der Waals surface area contributed by atoms with E-state index in [-0.39, 0.29) is 11.1 Å². The molecule has 0 spiro atoms. The Morgan fingerprint density at radius 2 is 0.673 bits per heavy atom. The molecule has 2 N–H and O–H groups in total. The first-order valence-corrected chi connectivity index (χ1v) is 16.2. The van der Waals surface area contributed by atoms with Gasteiger partial charge in [-0.05, 0) is 137 Å². The molecule has 0 bridgehead atoms. The Labute approximate surface area is 296 Å². The zero-order valence-corrected chi connectivity index (χ0v) is 27.2. The second kappa shape index (κ2) is 12.9. The zero-order chi connectivity index (χ0) is 35.9. The van der Waals surface area contributed by atoms with Crippen LogP contribution < -0.4 is 9.47 Å². The monoisotopic (exact) mass is 682 g/mol. The van der Waals surface area contributed by atoms with Crippen LogP contribution in [0.25, 0.3) is 76.8 Å². The van der Waals surface area contributed by atoms with Crippen molar-refractivity contribution in [1.82, 2.24) is 0 Å². The van der Waals surface area contributed by atoms with Crippen molar-refractivity contribution in [3.8, 4) is 56.0 Å². The molecule has 0 atom stereocenters. The molecule has 8 rings (SSSR count). The van der Waals surface area contributed by atoms with Gasteiger partial charge in [-0.3, -0.25) is 9.59 Å². The second-order valence-corrected chi connectivity index (χ2v) is 12.3. The molecule has 0 aliphatic rings. The summed E-state index contributed by atoms with van der Waals surface area (Å²) in [6.45, 7) is 0.772. The first kappa shape index (κ1) is 31.9. The number of carboxylic acids is 2. The zero-order valence-electron chi connectivity index (χ0n) is 27.2. The third-order valence-electron chi connectivity index (χ3n) is 9.48. The van der Waals surface area contributed by atoms with Gasteiger partial charge >= 0.3 is 11.9 Å². The Balaban J connectivity index is 1.49. The van der Waals surface area contributed by atoms with Crippen LogP contribution in [0.5, 0.6) is 11.5 Å². The third-order valence-corrected chi connectivity index (χ3v) is 9.48. The fraction of sp³-hybridized carbons (Fsp3) is 0. The number of carbonyl (C=O) groups excluding carboxylic acids is 2. The smallest absolute Gasteiger partial charge is 0.335 e. The van der Waals surface area contributed by atoms with E-state index < -0.39 is 11.9 Å². The Morgan fingerprint density at radius 3 is 0.923 bits per heavy atom. The van der Waals surface area contributed by atoms with Crippen LogP contribution in [0.4, 0.5) is 0 Å². The molecule has 0 aliphatic carbocycles. The van der Waals surface area contributed by atoms with Gasteiger partial charge in [-0.15, -0.1) is 0 Å². The van der Waals surface area contributed by atoms with Crippen molar-refractivity contribution in [3.05, 3.63) is 145 Å². The fourth-order valence-corrected chi connectivity index (χ4v) is 7.07. The number of carboxylic acid groups (broad SMARTS) is 2. The maximum absolute atomic E-state index is 11.7. The van der Waals surface area contributed by atoms with Crippen LogP contribution in [0.1, 0.15) is 20.7 Å². The summed E-state index contributed by atoms with van der Waals surface area (Å²) in [5.41, 5.74) is 7.44. The van der Waals surface area contributed by atoms with E-state index in [0.29, 0.717) is 24.4 Å².